The van der Waals surface area contributed by atoms with Crippen LogP contribution in [0.4, 0.5) is 0 Å². The van der Waals surface area contributed by atoms with Gasteiger partial charge in [-0.1, -0.05) is 0 Å². The molecule has 86 valence electrons. The van der Waals surface area contributed by atoms with Crippen molar-refractivity contribution < 1.29 is 9.15 Å². The van der Waals surface area contributed by atoms with Gasteiger partial charge in [0.15, 0.2) is 5.75 Å². The molecule has 0 saturated heterocycles. The zero-order valence-electron chi connectivity index (χ0n) is 9.43. The summed E-state index contributed by atoms with van der Waals surface area (Å²) in [7, 11) is 1.85. The molecular weight excluding hydrogens is 206 g/mol. The van der Waals surface area contributed by atoms with Crippen molar-refractivity contribution in [3.63, 3.8) is 0 Å². The van der Waals surface area contributed by atoms with Crippen molar-refractivity contribution in [3.05, 3.63) is 35.5 Å². The lowest BCUT2D eigenvalue weighted by Gasteiger charge is -2.00. The van der Waals surface area contributed by atoms with Gasteiger partial charge in [-0.15, -0.1) is 0 Å². The Labute approximate surface area is 93.8 Å². The van der Waals surface area contributed by atoms with E-state index in [1.54, 1.807) is 10.9 Å². The Morgan fingerprint density at radius 1 is 1.56 bits per heavy atom. The second-order valence-corrected chi connectivity index (χ2v) is 3.64. The average molecular weight is 221 g/mol. The number of hydrogen-bond acceptors (Lipinski definition) is 4. The maximum absolute atomic E-state index is 5.57. The van der Waals surface area contributed by atoms with Gasteiger partial charge in [0.25, 0.3) is 0 Å². The van der Waals surface area contributed by atoms with Crippen molar-refractivity contribution in [2.24, 2.45) is 12.8 Å². The molecule has 0 aliphatic heterocycles. The lowest BCUT2D eigenvalue weighted by atomic mass is 10.2. The second kappa shape index (κ2) is 4.40. The molecule has 0 saturated carbocycles. The number of nitrogens with two attached hydrogens (primary N) is 1. The molecule has 0 unspecified atom stereocenters. The monoisotopic (exact) mass is 221 g/mol. The van der Waals surface area contributed by atoms with Crippen LogP contribution in [0, 0.1) is 6.92 Å². The predicted molar refractivity (Wildman–Crippen MR) is 58.9 cm³/mol. The molecule has 2 aromatic heterocycles. The minimum atomic E-state index is 0.410. The molecule has 0 atom stereocenters. The first-order chi connectivity index (χ1) is 7.69. The van der Waals surface area contributed by atoms with Gasteiger partial charge in [-0.25, -0.2) is 0 Å². The molecule has 0 aromatic carbocycles. The van der Waals surface area contributed by atoms with Gasteiger partial charge < -0.3 is 14.9 Å². The molecule has 0 spiro atoms. The Kier molecular flexibility index (Phi) is 2.96. The fourth-order valence-corrected chi connectivity index (χ4v) is 1.47. The van der Waals surface area contributed by atoms with E-state index in [0.29, 0.717) is 13.2 Å². The van der Waals surface area contributed by atoms with Crippen molar-refractivity contribution in [2.75, 3.05) is 0 Å². The molecule has 0 bridgehead atoms. The fourth-order valence-electron chi connectivity index (χ4n) is 1.47. The Hall–Kier alpha value is -1.75. The number of rotatable bonds is 4. The van der Waals surface area contributed by atoms with Gasteiger partial charge in [0.05, 0.1) is 18.9 Å². The third kappa shape index (κ3) is 2.25. The number of hydrogen-bond donors (Lipinski definition) is 1. The van der Waals surface area contributed by atoms with E-state index < -0.39 is 0 Å². The molecule has 0 radical (unpaired) electrons. The van der Waals surface area contributed by atoms with Crippen LogP contribution in [0.25, 0.3) is 0 Å². The van der Waals surface area contributed by atoms with Crippen LogP contribution in [0.1, 0.15) is 17.1 Å². The molecule has 0 aliphatic rings. The third-order valence-electron chi connectivity index (χ3n) is 2.35. The number of furan rings is 1. The lowest BCUT2D eigenvalue weighted by molar-refractivity contribution is 0.302. The second-order valence-electron chi connectivity index (χ2n) is 3.64. The maximum atomic E-state index is 5.57. The van der Waals surface area contributed by atoms with E-state index >= 15 is 0 Å². The number of aromatic nitrogens is 2. The van der Waals surface area contributed by atoms with Crippen LogP contribution in [0.5, 0.6) is 5.75 Å². The van der Waals surface area contributed by atoms with Crippen molar-refractivity contribution in [2.45, 2.75) is 20.1 Å². The number of nitrogens with zero attached hydrogens (tertiary/aromatic N) is 2. The van der Waals surface area contributed by atoms with Gasteiger partial charge in [0.2, 0.25) is 0 Å². The molecule has 2 rings (SSSR count). The molecule has 5 heteroatoms. The van der Waals surface area contributed by atoms with E-state index in [2.05, 4.69) is 5.10 Å². The minimum absolute atomic E-state index is 0.410. The molecule has 0 aliphatic carbocycles. The smallest absolute Gasteiger partial charge is 0.157 e. The van der Waals surface area contributed by atoms with Gasteiger partial charge in [0.1, 0.15) is 18.1 Å². The number of aryl methyl sites for hydroxylation is 2. The van der Waals surface area contributed by atoms with Gasteiger partial charge in [-0.05, 0) is 13.0 Å². The normalized spacial score (nSPS) is 10.7. The zero-order chi connectivity index (χ0) is 11.5. The molecular formula is C11H15N3O2. The van der Waals surface area contributed by atoms with Crippen LogP contribution in [0.2, 0.25) is 0 Å². The fraction of sp³-hybridized carbons (Fsp3) is 0.364. The summed E-state index contributed by atoms with van der Waals surface area (Å²) in [5.74, 6) is 2.38. The summed E-state index contributed by atoms with van der Waals surface area (Å²) in [4.78, 5) is 0. The number of ether oxygens (including phenoxy) is 1. The van der Waals surface area contributed by atoms with Crippen molar-refractivity contribution >= 4 is 0 Å². The quantitative estimate of drug-likeness (QED) is 0.846. The molecule has 16 heavy (non-hydrogen) atoms. The van der Waals surface area contributed by atoms with E-state index in [9.17, 15) is 0 Å². The first-order valence-corrected chi connectivity index (χ1v) is 5.08. The van der Waals surface area contributed by atoms with Gasteiger partial charge in [-0.3, -0.25) is 4.68 Å². The standard InChI is InChI=1S/C11H15N3O2/c1-8-9(3-10(4-12)16-8)7-15-11-5-13-14(2)6-11/h3,5-6H,4,7,12H2,1-2H3. The van der Waals surface area contributed by atoms with Gasteiger partial charge >= 0.3 is 0 Å². The van der Waals surface area contributed by atoms with Crippen LogP contribution >= 0.6 is 0 Å². The molecule has 5 nitrogen and oxygen atoms in total. The summed E-state index contributed by atoms with van der Waals surface area (Å²) in [5.41, 5.74) is 6.51. The Morgan fingerprint density at radius 2 is 2.38 bits per heavy atom. The Morgan fingerprint density at radius 3 is 2.94 bits per heavy atom. The highest BCUT2D eigenvalue weighted by Gasteiger charge is 2.07. The van der Waals surface area contributed by atoms with E-state index in [4.69, 9.17) is 14.9 Å². The minimum Gasteiger partial charge on any atom is -0.485 e. The SMILES string of the molecule is Cc1oc(CN)cc1COc1cnn(C)c1. The van der Waals surface area contributed by atoms with E-state index in [0.717, 1.165) is 22.8 Å². The maximum Gasteiger partial charge on any atom is 0.157 e. The first-order valence-electron chi connectivity index (χ1n) is 5.08. The van der Waals surface area contributed by atoms with Crippen molar-refractivity contribution in [3.8, 4) is 5.75 Å². The molecule has 0 amide bonds. The van der Waals surface area contributed by atoms with Gasteiger partial charge in [0, 0.05) is 12.6 Å². The molecule has 2 heterocycles. The highest BCUT2D eigenvalue weighted by Crippen LogP contribution is 2.17. The summed E-state index contributed by atoms with van der Waals surface area (Å²) in [6, 6.07) is 1.92. The van der Waals surface area contributed by atoms with E-state index in [1.807, 2.05) is 26.2 Å². The van der Waals surface area contributed by atoms with Crippen LogP contribution < -0.4 is 10.5 Å². The molecule has 2 aromatic rings. The van der Waals surface area contributed by atoms with Crippen molar-refractivity contribution in [1.82, 2.24) is 9.78 Å². The molecule has 2 N–H and O–H groups in total. The largest absolute Gasteiger partial charge is 0.485 e. The summed E-state index contributed by atoms with van der Waals surface area (Å²) in [6.07, 6.45) is 3.50. The van der Waals surface area contributed by atoms with Crippen LogP contribution in [0.3, 0.4) is 0 Å². The van der Waals surface area contributed by atoms with Crippen molar-refractivity contribution in [1.29, 1.82) is 0 Å². The Bertz CT molecular complexity index is 473. The summed E-state index contributed by atoms with van der Waals surface area (Å²) >= 11 is 0. The zero-order valence-corrected chi connectivity index (χ0v) is 9.43. The van der Waals surface area contributed by atoms with Crippen LogP contribution in [-0.2, 0) is 20.2 Å². The van der Waals surface area contributed by atoms with Gasteiger partial charge in [-0.2, -0.15) is 5.10 Å². The topological polar surface area (TPSA) is 66.2 Å². The van der Waals surface area contributed by atoms with E-state index in [-0.39, 0.29) is 0 Å². The highest BCUT2D eigenvalue weighted by molar-refractivity contribution is 5.21. The summed E-state index contributed by atoms with van der Waals surface area (Å²) in [5, 5.41) is 4.02. The first kappa shape index (κ1) is 10.8. The summed E-state index contributed by atoms with van der Waals surface area (Å²) in [6.45, 7) is 2.79. The third-order valence-corrected chi connectivity index (χ3v) is 2.35. The Balaban J connectivity index is 2.01. The van der Waals surface area contributed by atoms with Crippen LogP contribution in [0.15, 0.2) is 22.9 Å². The predicted octanol–water partition coefficient (Wildman–Crippen LogP) is 1.36. The highest BCUT2D eigenvalue weighted by atomic mass is 16.5. The average Bonchev–Trinajstić information content (AvgIpc) is 2.82. The van der Waals surface area contributed by atoms with Crippen LogP contribution in [-0.4, -0.2) is 9.78 Å². The lowest BCUT2D eigenvalue weighted by Crippen LogP contribution is -1.95. The summed E-state index contributed by atoms with van der Waals surface area (Å²) < 4.78 is 12.7. The van der Waals surface area contributed by atoms with E-state index in [1.165, 1.54) is 0 Å². The molecule has 0 fully saturated rings.